The first-order valence-electron chi connectivity index (χ1n) is 10.8. The maximum atomic E-state index is 4.86. The van der Waals surface area contributed by atoms with E-state index in [9.17, 15) is 0 Å². The van der Waals surface area contributed by atoms with Gasteiger partial charge in [-0.05, 0) is 35.4 Å². The van der Waals surface area contributed by atoms with Crippen molar-refractivity contribution < 1.29 is 0 Å². The number of rotatable bonds is 3. The average molecular weight is 409 g/mol. The summed E-state index contributed by atoms with van der Waals surface area (Å²) in [5.74, 6) is 0.957. The molecular weight excluding hydrogens is 384 g/mol. The third-order valence-electron chi connectivity index (χ3n) is 6.15. The van der Waals surface area contributed by atoms with E-state index in [4.69, 9.17) is 4.99 Å². The minimum Gasteiger partial charge on any atom is -0.369 e. The Kier molecular flexibility index (Phi) is 4.52. The van der Waals surface area contributed by atoms with Crippen LogP contribution >= 0.6 is 0 Å². The van der Waals surface area contributed by atoms with E-state index in [1.165, 1.54) is 22.4 Å². The van der Waals surface area contributed by atoms with Crippen LogP contribution in [0.2, 0.25) is 0 Å². The van der Waals surface area contributed by atoms with Gasteiger partial charge in [0.1, 0.15) is 0 Å². The second-order valence-corrected chi connectivity index (χ2v) is 8.01. The number of nitrogens with zero attached hydrogens (tertiary/aromatic N) is 4. The van der Waals surface area contributed by atoms with Gasteiger partial charge >= 0.3 is 0 Å². The first-order chi connectivity index (χ1) is 15.4. The number of fused-ring (bicyclic) bond motifs is 2. The number of nitrogens with one attached hydrogen (secondary N) is 2. The Morgan fingerprint density at radius 1 is 0.935 bits per heavy atom. The van der Waals surface area contributed by atoms with Crippen LogP contribution in [-0.4, -0.2) is 48.9 Å². The number of hydrazine groups is 1. The van der Waals surface area contributed by atoms with E-state index in [-0.39, 0.29) is 0 Å². The zero-order chi connectivity index (χ0) is 20.6. The largest absolute Gasteiger partial charge is 0.369 e. The molecule has 0 spiro atoms. The van der Waals surface area contributed by atoms with Gasteiger partial charge in [-0.15, -0.1) is 0 Å². The lowest BCUT2D eigenvalue weighted by Gasteiger charge is -2.30. The summed E-state index contributed by atoms with van der Waals surface area (Å²) in [6, 6.07) is 19.1. The molecule has 3 aromatic rings. The van der Waals surface area contributed by atoms with Crippen LogP contribution in [0.3, 0.4) is 0 Å². The van der Waals surface area contributed by atoms with E-state index in [2.05, 4.69) is 80.4 Å². The molecule has 0 unspecified atom stereocenters. The fraction of sp³-hybridized carbons (Fsp3) is 0.200. The van der Waals surface area contributed by atoms with Gasteiger partial charge in [-0.25, -0.2) is 10.4 Å². The normalized spacial score (nSPS) is 18.5. The van der Waals surface area contributed by atoms with Gasteiger partial charge in [0.05, 0.1) is 5.52 Å². The summed E-state index contributed by atoms with van der Waals surface area (Å²) in [6.07, 6.45) is 6.01. The Morgan fingerprint density at radius 2 is 1.84 bits per heavy atom. The van der Waals surface area contributed by atoms with Gasteiger partial charge in [-0.1, -0.05) is 30.3 Å². The highest BCUT2D eigenvalue weighted by Crippen LogP contribution is 2.33. The Hall–Kier alpha value is -3.48. The van der Waals surface area contributed by atoms with Crippen molar-refractivity contribution >= 4 is 34.0 Å². The van der Waals surface area contributed by atoms with Crippen molar-refractivity contribution in [1.29, 1.82) is 0 Å². The van der Waals surface area contributed by atoms with Crippen molar-refractivity contribution in [3.8, 4) is 0 Å². The highest BCUT2D eigenvalue weighted by atomic mass is 15.6. The number of pyridine rings is 1. The van der Waals surface area contributed by atoms with Crippen molar-refractivity contribution in [1.82, 2.24) is 20.7 Å². The van der Waals surface area contributed by atoms with Gasteiger partial charge in [-0.2, -0.15) is 0 Å². The molecule has 6 rings (SSSR count). The predicted octanol–water partition coefficient (Wildman–Crippen LogP) is 3.26. The molecule has 3 aliphatic rings. The molecule has 0 amide bonds. The number of aromatic nitrogens is 1. The Bertz CT molecular complexity index is 1230. The maximum absolute atomic E-state index is 4.86. The molecule has 0 radical (unpaired) electrons. The first-order valence-corrected chi connectivity index (χ1v) is 10.8. The highest BCUT2D eigenvalue weighted by molar-refractivity contribution is 6.11. The lowest BCUT2D eigenvalue weighted by molar-refractivity contribution is 0.385. The second-order valence-electron chi connectivity index (χ2n) is 8.01. The number of benzene rings is 2. The van der Waals surface area contributed by atoms with Crippen LogP contribution in [-0.2, 0) is 0 Å². The van der Waals surface area contributed by atoms with Gasteiger partial charge in [0.15, 0.2) is 5.82 Å². The summed E-state index contributed by atoms with van der Waals surface area (Å²) in [4.78, 5) is 11.8. The SMILES string of the molecule is C1=NC2=C(c3ccnc4ccccc34)CNN2C=C1c1cccc(N2CCNCC2)c1. The zero-order valence-electron chi connectivity index (χ0n) is 17.3. The van der Waals surface area contributed by atoms with Crippen molar-refractivity contribution in [2.45, 2.75) is 0 Å². The molecule has 3 aliphatic heterocycles. The number of piperazine rings is 1. The standard InChI is InChI=1S/C25H24N6/c1-2-7-24-22(6-1)21(8-9-27-24)23-16-29-31-17-19(15-28-25(23)31)18-4-3-5-20(14-18)30-12-10-26-11-13-30/h1-9,14-15,17,26,29H,10-13,16H2. The van der Waals surface area contributed by atoms with E-state index in [1.807, 2.05) is 18.5 Å². The fourth-order valence-electron chi connectivity index (χ4n) is 4.54. The molecule has 6 heteroatoms. The molecule has 1 saturated heterocycles. The quantitative estimate of drug-likeness (QED) is 0.697. The van der Waals surface area contributed by atoms with Crippen molar-refractivity contribution in [2.75, 3.05) is 37.6 Å². The summed E-state index contributed by atoms with van der Waals surface area (Å²) in [7, 11) is 0. The van der Waals surface area contributed by atoms with Crippen LogP contribution in [0.15, 0.2) is 77.8 Å². The summed E-state index contributed by atoms with van der Waals surface area (Å²) in [5, 5.41) is 6.63. The minimum atomic E-state index is 0.741. The number of hydrogen-bond donors (Lipinski definition) is 2. The summed E-state index contributed by atoms with van der Waals surface area (Å²) in [6.45, 7) is 4.89. The van der Waals surface area contributed by atoms with E-state index in [1.54, 1.807) is 0 Å². The molecule has 4 heterocycles. The predicted molar refractivity (Wildman–Crippen MR) is 126 cm³/mol. The molecule has 0 atom stereocenters. The van der Waals surface area contributed by atoms with E-state index < -0.39 is 0 Å². The van der Waals surface area contributed by atoms with Gasteiger partial charge in [-0.3, -0.25) is 9.99 Å². The van der Waals surface area contributed by atoms with Crippen LogP contribution in [0.5, 0.6) is 0 Å². The third kappa shape index (κ3) is 3.30. The Morgan fingerprint density at radius 3 is 2.77 bits per heavy atom. The van der Waals surface area contributed by atoms with Crippen molar-refractivity contribution in [2.24, 2.45) is 4.99 Å². The molecule has 154 valence electrons. The van der Waals surface area contributed by atoms with E-state index >= 15 is 0 Å². The fourth-order valence-corrected chi connectivity index (χ4v) is 4.54. The smallest absolute Gasteiger partial charge is 0.152 e. The van der Waals surface area contributed by atoms with Crippen LogP contribution in [0, 0.1) is 0 Å². The van der Waals surface area contributed by atoms with Gasteiger partial charge < -0.3 is 10.2 Å². The molecular formula is C25H24N6. The lowest BCUT2D eigenvalue weighted by atomic mass is 10.0. The molecule has 0 bridgehead atoms. The second kappa shape index (κ2) is 7.65. The average Bonchev–Trinajstić information content (AvgIpc) is 3.27. The molecule has 0 saturated carbocycles. The van der Waals surface area contributed by atoms with Gasteiger partial charge in [0.2, 0.25) is 0 Å². The summed E-state index contributed by atoms with van der Waals surface area (Å²) >= 11 is 0. The number of anilines is 1. The summed E-state index contributed by atoms with van der Waals surface area (Å²) in [5.41, 5.74) is 10.4. The molecule has 1 fully saturated rings. The van der Waals surface area contributed by atoms with Crippen LogP contribution in [0.4, 0.5) is 5.69 Å². The third-order valence-corrected chi connectivity index (χ3v) is 6.15. The van der Waals surface area contributed by atoms with E-state index in [0.29, 0.717) is 0 Å². The number of hydrogen-bond acceptors (Lipinski definition) is 6. The molecule has 2 aromatic carbocycles. The monoisotopic (exact) mass is 408 g/mol. The van der Waals surface area contributed by atoms with Crippen molar-refractivity contribution in [3.63, 3.8) is 0 Å². The molecule has 2 N–H and O–H groups in total. The Balaban J connectivity index is 1.33. The zero-order valence-corrected chi connectivity index (χ0v) is 17.3. The minimum absolute atomic E-state index is 0.741. The maximum Gasteiger partial charge on any atom is 0.152 e. The topological polar surface area (TPSA) is 55.8 Å². The first kappa shape index (κ1) is 18.3. The number of aliphatic imine (C=N–C) groups is 1. The van der Waals surface area contributed by atoms with Crippen molar-refractivity contribution in [3.05, 3.63) is 83.9 Å². The highest BCUT2D eigenvalue weighted by Gasteiger charge is 2.25. The Labute approximate surface area is 181 Å². The van der Waals surface area contributed by atoms with Gasteiger partial charge in [0.25, 0.3) is 0 Å². The number of para-hydroxylation sites is 1. The lowest BCUT2D eigenvalue weighted by Crippen LogP contribution is -2.43. The van der Waals surface area contributed by atoms with Gasteiger partial charge in [0, 0.05) is 73.6 Å². The van der Waals surface area contributed by atoms with Crippen LogP contribution in [0.25, 0.3) is 22.0 Å². The van der Waals surface area contributed by atoms with E-state index in [0.717, 1.165) is 55.0 Å². The van der Waals surface area contributed by atoms with Crippen LogP contribution in [0.1, 0.15) is 11.1 Å². The van der Waals surface area contributed by atoms with Crippen LogP contribution < -0.4 is 15.6 Å². The molecule has 1 aromatic heterocycles. The molecule has 0 aliphatic carbocycles. The number of allylic oxidation sites excluding steroid dienone is 1. The molecule has 31 heavy (non-hydrogen) atoms. The summed E-state index contributed by atoms with van der Waals surface area (Å²) < 4.78 is 0. The molecule has 6 nitrogen and oxygen atoms in total.